The molecule has 11 heteroatoms. The summed E-state index contributed by atoms with van der Waals surface area (Å²) in [5, 5.41) is 20.3. The maximum atomic E-state index is 13.7. The summed E-state index contributed by atoms with van der Waals surface area (Å²) in [6.45, 7) is 0. The molecule has 1 saturated heterocycles. The zero-order valence-electron chi connectivity index (χ0n) is 19.8. The van der Waals surface area contributed by atoms with Crippen LogP contribution in [0.5, 0.6) is 5.75 Å². The lowest BCUT2D eigenvalue weighted by atomic mass is 9.95. The molecule has 1 unspecified atom stereocenters. The summed E-state index contributed by atoms with van der Waals surface area (Å²) in [6.07, 6.45) is 0. The van der Waals surface area contributed by atoms with Crippen LogP contribution < -0.4 is 9.64 Å². The molecule has 0 saturated carbocycles. The van der Waals surface area contributed by atoms with E-state index in [0.29, 0.717) is 32.0 Å². The van der Waals surface area contributed by atoms with Crippen LogP contribution in [-0.4, -0.2) is 34.1 Å². The topological polar surface area (TPSA) is 92.6 Å². The van der Waals surface area contributed by atoms with E-state index in [4.69, 9.17) is 16.3 Å². The van der Waals surface area contributed by atoms with Crippen molar-refractivity contribution in [1.29, 1.82) is 0 Å². The Labute approximate surface area is 230 Å². The van der Waals surface area contributed by atoms with Gasteiger partial charge in [0.05, 0.1) is 18.7 Å². The van der Waals surface area contributed by atoms with Crippen LogP contribution in [0.4, 0.5) is 9.52 Å². The van der Waals surface area contributed by atoms with Crippen LogP contribution in [0.15, 0.2) is 82.7 Å². The van der Waals surface area contributed by atoms with Crippen molar-refractivity contribution in [2.45, 2.75) is 16.1 Å². The molecule has 0 radical (unpaired) electrons. The Hall–Kier alpha value is -3.73. The predicted octanol–water partition coefficient (Wildman–Crippen LogP) is 6.26. The molecule has 192 valence electrons. The number of Topliss-reactive ketones (excluding diaryl/α,β-unsaturated/α-hetero) is 1. The number of aliphatic hydroxyl groups excluding tert-OH is 1. The highest BCUT2D eigenvalue weighted by Crippen LogP contribution is 2.44. The summed E-state index contributed by atoms with van der Waals surface area (Å²) in [5.74, 6) is -1.49. The van der Waals surface area contributed by atoms with E-state index in [0.717, 1.165) is 16.9 Å². The molecule has 3 aromatic carbocycles. The first-order valence-corrected chi connectivity index (χ1v) is 13.5. The second kappa shape index (κ2) is 10.9. The van der Waals surface area contributed by atoms with E-state index < -0.39 is 23.5 Å². The van der Waals surface area contributed by atoms with Gasteiger partial charge in [-0.2, -0.15) is 0 Å². The SMILES string of the molecule is COc1ccc(/C(O)=C2/C(=O)C(=O)N(c3nnc(SCc4ccccc4Cl)s3)C2c2ccc(F)cc2)cc1. The number of aliphatic hydroxyl groups is 1. The maximum Gasteiger partial charge on any atom is 0.301 e. The van der Waals surface area contributed by atoms with E-state index >= 15 is 0 Å². The molecule has 2 heterocycles. The van der Waals surface area contributed by atoms with E-state index in [1.807, 2.05) is 18.2 Å². The van der Waals surface area contributed by atoms with Gasteiger partial charge in [0.2, 0.25) is 5.13 Å². The van der Waals surface area contributed by atoms with Crippen molar-refractivity contribution in [1.82, 2.24) is 10.2 Å². The number of benzene rings is 3. The molecule has 38 heavy (non-hydrogen) atoms. The molecule has 1 amide bonds. The number of hydrogen-bond acceptors (Lipinski definition) is 8. The van der Waals surface area contributed by atoms with Gasteiger partial charge in [0.1, 0.15) is 17.3 Å². The molecule has 1 atom stereocenters. The van der Waals surface area contributed by atoms with Gasteiger partial charge in [-0.25, -0.2) is 4.39 Å². The Morgan fingerprint density at radius 1 is 1.08 bits per heavy atom. The van der Waals surface area contributed by atoms with E-state index in [1.165, 1.54) is 48.0 Å². The lowest BCUT2D eigenvalue weighted by Crippen LogP contribution is -2.29. The molecule has 1 aromatic heterocycles. The smallest absolute Gasteiger partial charge is 0.301 e. The third-order valence-electron chi connectivity index (χ3n) is 5.90. The van der Waals surface area contributed by atoms with Crippen LogP contribution >= 0.6 is 34.7 Å². The van der Waals surface area contributed by atoms with E-state index in [9.17, 15) is 19.1 Å². The number of amides is 1. The monoisotopic (exact) mass is 567 g/mol. The van der Waals surface area contributed by atoms with Crippen LogP contribution in [0.1, 0.15) is 22.7 Å². The minimum Gasteiger partial charge on any atom is -0.507 e. The number of ketones is 1. The van der Waals surface area contributed by atoms with Crippen LogP contribution in [0.25, 0.3) is 5.76 Å². The minimum absolute atomic E-state index is 0.132. The van der Waals surface area contributed by atoms with Crippen LogP contribution in [0, 0.1) is 5.82 Å². The number of anilines is 1. The molecule has 4 aromatic rings. The van der Waals surface area contributed by atoms with Gasteiger partial charge in [-0.15, -0.1) is 10.2 Å². The first-order valence-electron chi connectivity index (χ1n) is 11.3. The average Bonchev–Trinajstić information content (AvgIpc) is 3.50. The fraction of sp³-hybridized carbons (Fsp3) is 0.111. The van der Waals surface area contributed by atoms with Gasteiger partial charge >= 0.3 is 5.91 Å². The van der Waals surface area contributed by atoms with Crippen molar-refractivity contribution in [2.75, 3.05) is 12.0 Å². The zero-order chi connectivity index (χ0) is 26.8. The number of carbonyl (C=O) groups is 2. The Morgan fingerprint density at radius 3 is 2.47 bits per heavy atom. The second-order valence-electron chi connectivity index (χ2n) is 8.18. The molecule has 7 nitrogen and oxygen atoms in total. The Morgan fingerprint density at radius 2 is 1.79 bits per heavy atom. The Balaban J connectivity index is 1.53. The normalized spacial score (nSPS) is 16.7. The highest BCUT2D eigenvalue weighted by atomic mass is 35.5. The number of aromatic nitrogens is 2. The second-order valence-corrected chi connectivity index (χ2v) is 10.8. The third kappa shape index (κ3) is 5.02. The van der Waals surface area contributed by atoms with Gasteiger partial charge in [-0.1, -0.05) is 65.0 Å². The van der Waals surface area contributed by atoms with Crippen molar-refractivity contribution in [3.8, 4) is 5.75 Å². The highest BCUT2D eigenvalue weighted by molar-refractivity contribution is 8.00. The third-order valence-corrected chi connectivity index (χ3v) is 8.38. The predicted molar refractivity (Wildman–Crippen MR) is 145 cm³/mol. The molecule has 5 rings (SSSR count). The summed E-state index contributed by atoms with van der Waals surface area (Å²) in [6, 6.07) is 18.2. The fourth-order valence-corrected chi connectivity index (χ4v) is 6.16. The molecule has 0 bridgehead atoms. The molecule has 1 aliphatic rings. The highest BCUT2D eigenvalue weighted by Gasteiger charge is 2.48. The van der Waals surface area contributed by atoms with Crippen molar-refractivity contribution in [3.05, 3.63) is 106 Å². The number of methoxy groups -OCH3 is 1. The van der Waals surface area contributed by atoms with E-state index in [2.05, 4.69) is 10.2 Å². The largest absolute Gasteiger partial charge is 0.507 e. The van der Waals surface area contributed by atoms with Gasteiger partial charge in [-0.05, 0) is 53.6 Å². The number of ether oxygens (including phenoxy) is 1. The van der Waals surface area contributed by atoms with E-state index in [1.54, 1.807) is 30.3 Å². The molecule has 1 fully saturated rings. The molecule has 0 aliphatic carbocycles. The summed E-state index contributed by atoms with van der Waals surface area (Å²) in [5.41, 5.74) is 1.54. The Kier molecular flexibility index (Phi) is 7.46. The lowest BCUT2D eigenvalue weighted by Gasteiger charge is -2.22. The number of carbonyl (C=O) groups excluding carboxylic acids is 2. The standard InChI is InChI=1S/C27H19ClFN3O4S2/c1-36-19-12-8-16(9-13-19)23(33)21-22(15-6-10-18(29)11-7-15)32(25(35)24(21)34)26-30-31-27(38-26)37-14-17-4-2-3-5-20(17)28/h2-13,22,33H,14H2,1H3/b23-21-. The lowest BCUT2D eigenvalue weighted by molar-refractivity contribution is -0.132. The van der Waals surface area contributed by atoms with Gasteiger partial charge in [0, 0.05) is 16.3 Å². The zero-order valence-corrected chi connectivity index (χ0v) is 22.2. The Bertz CT molecular complexity index is 1540. The van der Waals surface area contributed by atoms with E-state index in [-0.39, 0.29) is 16.5 Å². The van der Waals surface area contributed by atoms with Crippen molar-refractivity contribution >= 4 is 57.3 Å². The quantitative estimate of drug-likeness (QED) is 0.0926. The van der Waals surface area contributed by atoms with Gasteiger partial charge in [0.15, 0.2) is 4.34 Å². The first-order chi connectivity index (χ1) is 18.4. The maximum absolute atomic E-state index is 13.7. The van der Waals surface area contributed by atoms with Gasteiger partial charge in [-0.3, -0.25) is 14.5 Å². The minimum atomic E-state index is -1.04. The number of halogens is 2. The number of rotatable bonds is 7. The average molecular weight is 568 g/mol. The van der Waals surface area contributed by atoms with Crippen molar-refractivity contribution < 1.29 is 23.8 Å². The first kappa shape index (κ1) is 25.9. The van der Waals surface area contributed by atoms with Crippen LogP contribution in [0.3, 0.4) is 0 Å². The van der Waals surface area contributed by atoms with Crippen LogP contribution in [0.2, 0.25) is 5.02 Å². The number of thioether (sulfide) groups is 1. The summed E-state index contributed by atoms with van der Waals surface area (Å²) >= 11 is 8.77. The van der Waals surface area contributed by atoms with Crippen molar-refractivity contribution in [2.24, 2.45) is 0 Å². The summed E-state index contributed by atoms with van der Waals surface area (Å²) in [7, 11) is 1.51. The summed E-state index contributed by atoms with van der Waals surface area (Å²) < 4.78 is 19.5. The molecular formula is C27H19ClFN3O4S2. The summed E-state index contributed by atoms with van der Waals surface area (Å²) in [4.78, 5) is 27.7. The molecule has 0 spiro atoms. The molecular weight excluding hydrogens is 549 g/mol. The van der Waals surface area contributed by atoms with Crippen LogP contribution in [-0.2, 0) is 15.3 Å². The van der Waals surface area contributed by atoms with Crippen molar-refractivity contribution in [3.63, 3.8) is 0 Å². The van der Waals surface area contributed by atoms with Gasteiger partial charge < -0.3 is 9.84 Å². The van der Waals surface area contributed by atoms with Gasteiger partial charge in [0.25, 0.3) is 5.78 Å². The number of hydrogen-bond donors (Lipinski definition) is 1. The molecule has 1 N–H and O–H groups in total. The number of nitrogens with zero attached hydrogens (tertiary/aromatic N) is 3. The fourth-order valence-electron chi connectivity index (χ4n) is 4.01. The molecule has 1 aliphatic heterocycles.